The third-order valence-corrected chi connectivity index (χ3v) is 2.72. The first-order valence-corrected chi connectivity index (χ1v) is 5.92. The zero-order valence-corrected chi connectivity index (χ0v) is 11.0. The van der Waals surface area contributed by atoms with Crippen molar-refractivity contribution in [1.29, 1.82) is 0 Å². The molecule has 0 bridgehead atoms. The molecule has 0 aliphatic carbocycles. The second-order valence-electron chi connectivity index (χ2n) is 3.78. The molecule has 0 aliphatic heterocycles. The Kier molecular flexibility index (Phi) is 3.97. The zero-order chi connectivity index (χ0) is 13.8. The molecular weight excluding hydrogens is 265 g/mol. The minimum atomic E-state index is -0.326. The lowest BCUT2D eigenvalue weighted by molar-refractivity contribution is 0.409. The van der Waals surface area contributed by atoms with Crippen LogP contribution in [0.3, 0.4) is 0 Å². The Morgan fingerprint density at radius 2 is 1.74 bits per heavy atom. The van der Waals surface area contributed by atoms with Crippen molar-refractivity contribution < 1.29 is 13.9 Å². The van der Waals surface area contributed by atoms with Gasteiger partial charge in [-0.05, 0) is 36.4 Å². The molecule has 5 heteroatoms. The molecule has 0 aromatic heterocycles. The SMILES string of the molecule is COc1ccc(C(N)=S)c(Oc2ccc(F)cc2)c1. The van der Waals surface area contributed by atoms with Gasteiger partial charge in [0.15, 0.2) is 0 Å². The van der Waals surface area contributed by atoms with Crippen molar-refractivity contribution in [3.63, 3.8) is 0 Å². The van der Waals surface area contributed by atoms with E-state index in [4.69, 9.17) is 27.4 Å². The van der Waals surface area contributed by atoms with Crippen LogP contribution < -0.4 is 15.2 Å². The highest BCUT2D eigenvalue weighted by molar-refractivity contribution is 7.80. The fraction of sp³-hybridized carbons (Fsp3) is 0.0714. The highest BCUT2D eigenvalue weighted by Crippen LogP contribution is 2.29. The molecule has 0 aliphatic rings. The molecular formula is C14H12FNO2S. The molecule has 3 nitrogen and oxygen atoms in total. The summed E-state index contributed by atoms with van der Waals surface area (Å²) in [6.07, 6.45) is 0. The van der Waals surface area contributed by atoms with E-state index in [-0.39, 0.29) is 10.8 Å². The van der Waals surface area contributed by atoms with Crippen LogP contribution in [0.2, 0.25) is 0 Å². The Labute approximate surface area is 115 Å². The molecule has 19 heavy (non-hydrogen) atoms. The summed E-state index contributed by atoms with van der Waals surface area (Å²) < 4.78 is 23.6. The summed E-state index contributed by atoms with van der Waals surface area (Å²) in [5.74, 6) is 1.26. The van der Waals surface area contributed by atoms with Crippen LogP contribution in [-0.4, -0.2) is 12.1 Å². The smallest absolute Gasteiger partial charge is 0.141 e. The Hall–Kier alpha value is -2.14. The van der Waals surface area contributed by atoms with Gasteiger partial charge in [-0.25, -0.2) is 4.39 Å². The lowest BCUT2D eigenvalue weighted by atomic mass is 10.2. The van der Waals surface area contributed by atoms with E-state index in [1.54, 1.807) is 25.3 Å². The van der Waals surface area contributed by atoms with Gasteiger partial charge in [0.05, 0.1) is 12.7 Å². The number of hydrogen-bond donors (Lipinski definition) is 1. The van der Waals surface area contributed by atoms with E-state index < -0.39 is 0 Å². The molecule has 0 unspecified atom stereocenters. The van der Waals surface area contributed by atoms with Crippen molar-refractivity contribution in [2.24, 2.45) is 5.73 Å². The van der Waals surface area contributed by atoms with E-state index in [1.807, 2.05) is 0 Å². The normalized spacial score (nSPS) is 10.0. The van der Waals surface area contributed by atoms with Gasteiger partial charge in [0.1, 0.15) is 28.1 Å². The first-order valence-electron chi connectivity index (χ1n) is 5.51. The van der Waals surface area contributed by atoms with Crippen LogP contribution in [0.1, 0.15) is 5.56 Å². The van der Waals surface area contributed by atoms with E-state index in [2.05, 4.69) is 0 Å². The first kappa shape index (κ1) is 13.3. The lowest BCUT2D eigenvalue weighted by Crippen LogP contribution is -2.10. The van der Waals surface area contributed by atoms with Crippen molar-refractivity contribution in [2.45, 2.75) is 0 Å². The maximum absolute atomic E-state index is 12.8. The number of methoxy groups -OCH3 is 1. The summed E-state index contributed by atoms with van der Waals surface area (Å²) in [5.41, 5.74) is 6.23. The minimum absolute atomic E-state index is 0.222. The highest BCUT2D eigenvalue weighted by atomic mass is 32.1. The van der Waals surface area contributed by atoms with Crippen molar-refractivity contribution in [2.75, 3.05) is 7.11 Å². The monoisotopic (exact) mass is 277 g/mol. The van der Waals surface area contributed by atoms with Crippen LogP contribution in [0.25, 0.3) is 0 Å². The minimum Gasteiger partial charge on any atom is -0.497 e. The molecule has 0 fully saturated rings. The molecule has 0 spiro atoms. The van der Waals surface area contributed by atoms with Crippen molar-refractivity contribution in [1.82, 2.24) is 0 Å². The second kappa shape index (κ2) is 5.67. The van der Waals surface area contributed by atoms with Crippen molar-refractivity contribution in [3.05, 3.63) is 53.8 Å². The Balaban J connectivity index is 2.36. The topological polar surface area (TPSA) is 44.5 Å². The molecule has 0 heterocycles. The quantitative estimate of drug-likeness (QED) is 0.871. The molecule has 0 saturated carbocycles. The fourth-order valence-corrected chi connectivity index (χ4v) is 1.72. The maximum atomic E-state index is 12.8. The molecule has 2 N–H and O–H groups in total. The summed E-state index contributed by atoms with van der Waals surface area (Å²) in [5, 5.41) is 0. The number of ether oxygens (including phenoxy) is 2. The van der Waals surface area contributed by atoms with E-state index in [0.29, 0.717) is 22.8 Å². The van der Waals surface area contributed by atoms with Crippen LogP contribution >= 0.6 is 12.2 Å². The predicted molar refractivity (Wildman–Crippen MR) is 75.4 cm³/mol. The zero-order valence-electron chi connectivity index (χ0n) is 10.2. The second-order valence-corrected chi connectivity index (χ2v) is 4.22. The first-order chi connectivity index (χ1) is 9.10. The summed E-state index contributed by atoms with van der Waals surface area (Å²) in [7, 11) is 1.55. The number of thiocarbonyl (C=S) groups is 1. The molecule has 2 aromatic rings. The summed E-state index contributed by atoms with van der Waals surface area (Å²) >= 11 is 4.96. The van der Waals surface area contributed by atoms with Gasteiger partial charge in [-0.2, -0.15) is 0 Å². The van der Waals surface area contributed by atoms with Crippen LogP contribution in [0, 0.1) is 5.82 Å². The van der Waals surface area contributed by atoms with Crippen molar-refractivity contribution in [3.8, 4) is 17.2 Å². The molecule has 2 aromatic carbocycles. The Morgan fingerprint density at radius 3 is 2.32 bits per heavy atom. The van der Waals surface area contributed by atoms with Crippen LogP contribution in [-0.2, 0) is 0 Å². The van der Waals surface area contributed by atoms with Crippen LogP contribution in [0.15, 0.2) is 42.5 Å². The molecule has 0 amide bonds. The third-order valence-electron chi connectivity index (χ3n) is 2.50. The lowest BCUT2D eigenvalue weighted by Gasteiger charge is -2.11. The number of rotatable bonds is 4. The average Bonchev–Trinajstić information content (AvgIpc) is 2.41. The number of benzene rings is 2. The van der Waals surface area contributed by atoms with Gasteiger partial charge >= 0.3 is 0 Å². The Morgan fingerprint density at radius 1 is 1.11 bits per heavy atom. The summed E-state index contributed by atoms with van der Waals surface area (Å²) in [4.78, 5) is 0.222. The maximum Gasteiger partial charge on any atom is 0.141 e. The molecule has 0 radical (unpaired) electrons. The average molecular weight is 277 g/mol. The van der Waals surface area contributed by atoms with E-state index in [0.717, 1.165) is 0 Å². The van der Waals surface area contributed by atoms with E-state index in [1.165, 1.54) is 24.3 Å². The number of hydrogen-bond acceptors (Lipinski definition) is 3. The van der Waals surface area contributed by atoms with Gasteiger partial charge < -0.3 is 15.2 Å². The largest absolute Gasteiger partial charge is 0.497 e. The summed E-state index contributed by atoms with van der Waals surface area (Å²) in [6, 6.07) is 10.8. The predicted octanol–water partition coefficient (Wildman–Crippen LogP) is 3.26. The van der Waals surface area contributed by atoms with Gasteiger partial charge in [-0.3, -0.25) is 0 Å². The number of nitrogens with two attached hydrogens (primary N) is 1. The molecule has 2 rings (SSSR count). The van der Waals surface area contributed by atoms with Crippen LogP contribution in [0.4, 0.5) is 4.39 Å². The van der Waals surface area contributed by atoms with E-state index >= 15 is 0 Å². The van der Waals surface area contributed by atoms with Gasteiger partial charge in [0, 0.05) is 6.07 Å². The van der Waals surface area contributed by atoms with Crippen molar-refractivity contribution >= 4 is 17.2 Å². The van der Waals surface area contributed by atoms with E-state index in [9.17, 15) is 4.39 Å². The standard InChI is InChI=1S/C14H12FNO2S/c1-17-11-6-7-12(14(16)19)13(8-11)18-10-4-2-9(15)3-5-10/h2-8H,1H3,(H2,16,19). The van der Waals surface area contributed by atoms with Gasteiger partial charge in [-0.15, -0.1) is 0 Å². The van der Waals surface area contributed by atoms with Crippen LogP contribution in [0.5, 0.6) is 17.2 Å². The number of halogens is 1. The fourth-order valence-electron chi connectivity index (χ4n) is 1.55. The highest BCUT2D eigenvalue weighted by Gasteiger charge is 2.09. The third kappa shape index (κ3) is 3.20. The Bertz CT molecular complexity index is 599. The van der Waals surface area contributed by atoms with Gasteiger partial charge in [0.25, 0.3) is 0 Å². The molecule has 98 valence electrons. The van der Waals surface area contributed by atoms with Gasteiger partial charge in [-0.1, -0.05) is 12.2 Å². The molecule has 0 saturated heterocycles. The molecule has 0 atom stereocenters. The van der Waals surface area contributed by atoms with Gasteiger partial charge in [0.2, 0.25) is 0 Å². The summed E-state index contributed by atoms with van der Waals surface area (Å²) in [6.45, 7) is 0.